The van der Waals surface area contributed by atoms with Gasteiger partial charge in [-0.1, -0.05) is 0 Å². The van der Waals surface area contributed by atoms with Crippen molar-refractivity contribution < 1.29 is 9.90 Å². The molecule has 13 heavy (non-hydrogen) atoms. The maximum absolute atomic E-state index is 10.6. The highest BCUT2D eigenvalue weighted by Crippen LogP contribution is 2.32. The molecule has 2 rings (SSSR count). The van der Waals surface area contributed by atoms with Crippen molar-refractivity contribution >= 4 is 38.0 Å². The van der Waals surface area contributed by atoms with E-state index in [-0.39, 0.29) is 0 Å². The molecule has 0 saturated heterocycles. The normalized spacial score (nSPS) is 10.1. The molecular weight excluding hydrogens is 206 g/mol. The third-order valence-electron chi connectivity index (χ3n) is 1.54. The number of carbonyl (C=O) groups is 1. The molecule has 2 aromatic rings. The zero-order valence-corrected chi connectivity index (χ0v) is 7.91. The van der Waals surface area contributed by atoms with Gasteiger partial charge in [0.15, 0.2) is 0 Å². The van der Waals surface area contributed by atoms with E-state index in [4.69, 9.17) is 10.4 Å². The summed E-state index contributed by atoms with van der Waals surface area (Å²) in [4.78, 5) is 11.5. The number of nitrogens with zero attached hydrogens (tertiary/aromatic N) is 1. The highest BCUT2D eigenvalue weighted by atomic mass is 32.2. The second-order valence-corrected chi connectivity index (χ2v) is 4.74. The Morgan fingerprint density at radius 2 is 2.23 bits per heavy atom. The highest BCUT2D eigenvalue weighted by molar-refractivity contribution is 7.39. The summed E-state index contributed by atoms with van der Waals surface area (Å²) in [6.45, 7) is 0. The van der Waals surface area contributed by atoms with Gasteiger partial charge in [0.25, 0.3) is 0 Å². The molecule has 0 atom stereocenters. The molecule has 0 bridgehead atoms. The van der Waals surface area contributed by atoms with E-state index in [1.807, 2.05) is 6.07 Å². The Balaban J connectivity index is 2.62. The van der Waals surface area contributed by atoms with Crippen molar-refractivity contribution in [1.29, 1.82) is 5.26 Å². The van der Waals surface area contributed by atoms with Crippen molar-refractivity contribution in [3.05, 3.63) is 21.9 Å². The van der Waals surface area contributed by atoms with Gasteiger partial charge in [-0.25, -0.2) is 4.79 Å². The Labute approximate surface area is 81.5 Å². The summed E-state index contributed by atoms with van der Waals surface area (Å²) >= 11 is 2.54. The van der Waals surface area contributed by atoms with Gasteiger partial charge in [-0.15, -0.1) is 22.7 Å². The molecule has 0 aliphatic carbocycles. The monoisotopic (exact) mass is 209 g/mol. The smallest absolute Gasteiger partial charge is 0.345 e. The molecule has 64 valence electrons. The lowest BCUT2D eigenvalue weighted by Crippen LogP contribution is -1.89. The van der Waals surface area contributed by atoms with E-state index in [1.54, 1.807) is 12.1 Å². The lowest BCUT2D eigenvalue weighted by Gasteiger charge is -1.80. The fourth-order valence-corrected chi connectivity index (χ4v) is 3.08. The van der Waals surface area contributed by atoms with Crippen molar-refractivity contribution in [1.82, 2.24) is 0 Å². The fraction of sp³-hybridized carbons (Fsp3) is 0. The van der Waals surface area contributed by atoms with Gasteiger partial charge in [0.05, 0.1) is 4.01 Å². The minimum Gasteiger partial charge on any atom is -0.477 e. The third kappa shape index (κ3) is 1.30. The number of carboxylic acid groups (broad SMARTS) is 1. The zero-order chi connectivity index (χ0) is 9.42. The fourth-order valence-electron chi connectivity index (χ4n) is 1.000. The molecule has 1 N–H and O–H groups in total. The van der Waals surface area contributed by atoms with Crippen LogP contribution in [0.2, 0.25) is 0 Å². The van der Waals surface area contributed by atoms with Gasteiger partial charge in [-0.2, -0.15) is 5.26 Å². The number of hydrogen-bond donors (Lipinski definition) is 1. The van der Waals surface area contributed by atoms with Gasteiger partial charge in [-0.05, 0) is 12.1 Å². The number of hydrogen-bond acceptors (Lipinski definition) is 4. The topological polar surface area (TPSA) is 61.1 Å². The van der Waals surface area contributed by atoms with Gasteiger partial charge >= 0.3 is 5.97 Å². The SMILES string of the molecule is N#Cc1cc2cc(C(=O)O)sc2s1. The summed E-state index contributed by atoms with van der Waals surface area (Å²) in [6, 6.07) is 5.34. The Bertz CT molecular complexity index is 486. The molecule has 5 heteroatoms. The lowest BCUT2D eigenvalue weighted by molar-refractivity contribution is 0.0702. The standard InChI is InChI=1S/C8H3NO2S2/c9-3-5-1-4-2-6(7(10)11)13-8(4)12-5/h1-2H,(H,10,11). The number of aromatic carboxylic acids is 1. The molecule has 0 spiro atoms. The first kappa shape index (κ1) is 8.23. The van der Waals surface area contributed by atoms with Gasteiger partial charge in [0.2, 0.25) is 0 Å². The van der Waals surface area contributed by atoms with Crippen LogP contribution in [-0.2, 0) is 0 Å². The molecule has 0 amide bonds. The van der Waals surface area contributed by atoms with Crippen molar-refractivity contribution in [2.24, 2.45) is 0 Å². The summed E-state index contributed by atoms with van der Waals surface area (Å²) in [5.74, 6) is -0.910. The van der Waals surface area contributed by atoms with Gasteiger partial charge in [0.1, 0.15) is 15.8 Å². The van der Waals surface area contributed by atoms with Crippen LogP contribution in [0.3, 0.4) is 0 Å². The number of rotatable bonds is 1. The second kappa shape index (κ2) is 2.83. The van der Waals surface area contributed by atoms with Crippen LogP contribution in [0.1, 0.15) is 14.5 Å². The van der Waals surface area contributed by atoms with Crippen LogP contribution < -0.4 is 0 Å². The maximum Gasteiger partial charge on any atom is 0.345 e. The Kier molecular flexibility index (Phi) is 1.79. The maximum atomic E-state index is 10.6. The van der Waals surface area contributed by atoms with E-state index in [0.29, 0.717) is 9.75 Å². The molecule has 0 aliphatic heterocycles. The minimum absolute atomic E-state index is 0.325. The van der Waals surface area contributed by atoms with E-state index >= 15 is 0 Å². The molecule has 2 heterocycles. The zero-order valence-electron chi connectivity index (χ0n) is 6.27. The lowest BCUT2D eigenvalue weighted by atomic mass is 10.3. The molecular formula is C8H3NO2S2. The molecule has 3 nitrogen and oxygen atoms in total. The molecule has 0 saturated carbocycles. The van der Waals surface area contributed by atoms with E-state index in [2.05, 4.69) is 0 Å². The predicted molar refractivity (Wildman–Crippen MR) is 51.4 cm³/mol. The number of thiophene rings is 2. The van der Waals surface area contributed by atoms with Gasteiger partial charge < -0.3 is 5.11 Å². The van der Waals surface area contributed by atoms with Crippen LogP contribution in [0.25, 0.3) is 9.40 Å². The Hall–Kier alpha value is -1.38. The molecule has 0 aliphatic rings. The highest BCUT2D eigenvalue weighted by Gasteiger charge is 2.10. The van der Waals surface area contributed by atoms with E-state index in [1.165, 1.54) is 22.7 Å². The van der Waals surface area contributed by atoms with Crippen molar-refractivity contribution in [3.8, 4) is 6.07 Å². The number of fused-ring (bicyclic) bond motifs is 1. The second-order valence-electron chi connectivity index (χ2n) is 2.38. The molecule has 0 unspecified atom stereocenters. The number of carboxylic acids is 1. The summed E-state index contributed by atoms with van der Waals surface area (Å²) < 4.78 is 0.897. The van der Waals surface area contributed by atoms with Crippen LogP contribution in [-0.4, -0.2) is 11.1 Å². The third-order valence-corrected chi connectivity index (χ3v) is 3.82. The molecule has 0 aromatic carbocycles. The van der Waals surface area contributed by atoms with E-state index in [9.17, 15) is 4.79 Å². The van der Waals surface area contributed by atoms with Crippen LogP contribution >= 0.6 is 22.7 Å². The van der Waals surface area contributed by atoms with Crippen LogP contribution in [0.5, 0.6) is 0 Å². The number of nitriles is 1. The Morgan fingerprint density at radius 1 is 1.46 bits per heavy atom. The van der Waals surface area contributed by atoms with E-state index < -0.39 is 5.97 Å². The molecule has 0 radical (unpaired) electrons. The molecule has 0 fully saturated rings. The first-order chi connectivity index (χ1) is 6.20. The average molecular weight is 209 g/mol. The predicted octanol–water partition coefficient (Wildman–Crippen LogP) is 2.53. The van der Waals surface area contributed by atoms with Crippen molar-refractivity contribution in [2.75, 3.05) is 0 Å². The van der Waals surface area contributed by atoms with Crippen LogP contribution in [0.4, 0.5) is 0 Å². The van der Waals surface area contributed by atoms with Gasteiger partial charge in [0, 0.05) is 5.39 Å². The van der Waals surface area contributed by atoms with Crippen molar-refractivity contribution in [2.45, 2.75) is 0 Å². The Morgan fingerprint density at radius 3 is 2.77 bits per heavy atom. The van der Waals surface area contributed by atoms with Gasteiger partial charge in [-0.3, -0.25) is 0 Å². The van der Waals surface area contributed by atoms with Crippen LogP contribution in [0.15, 0.2) is 12.1 Å². The summed E-state index contributed by atoms with van der Waals surface area (Å²) in [5, 5.41) is 18.1. The van der Waals surface area contributed by atoms with Crippen LogP contribution in [0, 0.1) is 11.3 Å². The minimum atomic E-state index is -0.910. The van der Waals surface area contributed by atoms with E-state index in [0.717, 1.165) is 9.40 Å². The van der Waals surface area contributed by atoms with Crippen molar-refractivity contribution in [3.63, 3.8) is 0 Å². The molecule has 2 aromatic heterocycles. The average Bonchev–Trinajstić information content (AvgIpc) is 2.58. The summed E-state index contributed by atoms with van der Waals surface area (Å²) in [5.41, 5.74) is 0. The first-order valence-corrected chi connectivity index (χ1v) is 5.01. The quantitative estimate of drug-likeness (QED) is 0.785. The first-order valence-electron chi connectivity index (χ1n) is 3.37. The largest absolute Gasteiger partial charge is 0.477 e. The summed E-state index contributed by atoms with van der Waals surface area (Å²) in [7, 11) is 0. The summed E-state index contributed by atoms with van der Waals surface area (Å²) in [6.07, 6.45) is 0.